The monoisotopic (exact) mass is 1100 g/mol. The maximum Gasteiger partial charge on any atom is 0.426 e. The third-order valence-corrected chi connectivity index (χ3v) is 16.1. The molecular formula is C53H78BrN5O15. The lowest BCUT2D eigenvalue weighted by atomic mass is 9.74. The Labute approximate surface area is 442 Å². The standard InChI is InChI=1S/C53H78BrN5O15/c1-15-38-53(10,66)43(62)28(4)40(60)26(2)24-51(8,67-13)44(73-49-41(61)37(59(11)12)22-27(3)69-49)29(5)42(30(6)48(64)71-38)72-39-25-52(9,68-14)45(31(7)70-39)74-50(65)58-57-47(63)33-18-21-35-36(23-33)56-46(55-35)32-16-19-34(54)20-17-32/h16-21,23,26-31,37-39,41-45,49,61-62,66H,15,22,24-25H2,1-14H3,(H,55,56)(H,57,63)(H,58,65)/t26-,27-,28+,29+,30-,31+,37+,38-,39+,41-,42+,43-,44-,45+,49+,51-,52-,53-/m1/s1. The number of imidazole rings is 1. The Morgan fingerprint density at radius 3 is 2.16 bits per heavy atom. The number of carbonyl (C=O) groups is 4. The van der Waals surface area contributed by atoms with Crippen LogP contribution in [0.5, 0.6) is 0 Å². The van der Waals surface area contributed by atoms with Crippen LogP contribution in [0.4, 0.5) is 4.79 Å². The van der Waals surface area contributed by atoms with Gasteiger partial charge in [0.25, 0.3) is 5.91 Å². The average molecular weight is 1110 g/mol. The number of nitrogens with one attached hydrogen (secondary N) is 3. The van der Waals surface area contributed by atoms with E-state index < -0.39 is 114 Å². The molecule has 3 saturated heterocycles. The van der Waals surface area contributed by atoms with Crippen LogP contribution in [0.15, 0.2) is 46.9 Å². The Morgan fingerprint density at radius 1 is 0.892 bits per heavy atom. The van der Waals surface area contributed by atoms with E-state index in [1.807, 2.05) is 50.2 Å². The van der Waals surface area contributed by atoms with Crippen LogP contribution in [0.25, 0.3) is 22.4 Å². The van der Waals surface area contributed by atoms with E-state index in [9.17, 15) is 34.5 Å². The number of nitrogens with zero attached hydrogens (tertiary/aromatic N) is 2. The van der Waals surface area contributed by atoms with Gasteiger partial charge in [-0.15, -0.1) is 0 Å². The van der Waals surface area contributed by atoms with Crippen molar-refractivity contribution in [3.63, 3.8) is 0 Å². The lowest BCUT2D eigenvalue weighted by Crippen LogP contribution is -2.62. The molecule has 18 atom stereocenters. The van der Waals surface area contributed by atoms with Gasteiger partial charge < -0.3 is 63.1 Å². The van der Waals surface area contributed by atoms with Gasteiger partial charge in [0.2, 0.25) is 0 Å². The molecule has 2 aromatic carbocycles. The highest BCUT2D eigenvalue weighted by molar-refractivity contribution is 9.10. The van der Waals surface area contributed by atoms with Crippen molar-refractivity contribution < 1.29 is 72.4 Å². The minimum absolute atomic E-state index is 0.0443. The van der Waals surface area contributed by atoms with Crippen molar-refractivity contribution >= 4 is 50.7 Å². The molecule has 0 bridgehead atoms. The number of fused-ring (bicyclic) bond motifs is 1. The summed E-state index contributed by atoms with van der Waals surface area (Å²) < 4.78 is 51.8. The molecular weight excluding hydrogens is 1030 g/mol. The number of carbonyl (C=O) groups excluding carboxylic acids is 4. The summed E-state index contributed by atoms with van der Waals surface area (Å²) >= 11 is 3.44. The lowest BCUT2D eigenvalue weighted by Gasteiger charge is -2.50. The Hall–Kier alpha value is -4.13. The number of Topliss-reactive ketones (excluding diaryl/α,β-unsaturated/α-hetero) is 1. The second-order valence-corrected chi connectivity index (χ2v) is 22.3. The number of hydrogen-bond donors (Lipinski definition) is 6. The van der Waals surface area contributed by atoms with Crippen molar-refractivity contribution in [2.24, 2.45) is 23.7 Å². The van der Waals surface area contributed by atoms with Crippen molar-refractivity contribution in [2.75, 3.05) is 28.3 Å². The molecule has 0 radical (unpaired) electrons. The molecule has 21 heteroatoms. The highest BCUT2D eigenvalue weighted by atomic mass is 79.9. The number of methoxy groups -OCH3 is 2. The molecule has 74 heavy (non-hydrogen) atoms. The van der Waals surface area contributed by atoms with Gasteiger partial charge in [-0.1, -0.05) is 55.8 Å². The predicted octanol–water partition coefficient (Wildman–Crippen LogP) is 5.82. The van der Waals surface area contributed by atoms with Crippen molar-refractivity contribution in [3.8, 4) is 11.4 Å². The lowest BCUT2D eigenvalue weighted by molar-refractivity contribution is -0.319. The number of cyclic esters (lactones) is 1. The molecule has 412 valence electrons. The molecule has 0 unspecified atom stereocenters. The number of likely N-dealkylation sites (N-methyl/N-ethyl adjacent to an activating group) is 1. The zero-order valence-electron chi connectivity index (χ0n) is 45.0. The third kappa shape index (κ3) is 12.8. The van der Waals surface area contributed by atoms with Gasteiger partial charge in [0.15, 0.2) is 18.7 Å². The summed E-state index contributed by atoms with van der Waals surface area (Å²) in [5.41, 5.74) is 2.42. The van der Waals surface area contributed by atoms with E-state index in [2.05, 4.69) is 36.7 Å². The van der Waals surface area contributed by atoms with E-state index in [4.69, 9.17) is 37.9 Å². The first-order valence-electron chi connectivity index (χ1n) is 25.4. The van der Waals surface area contributed by atoms with Crippen LogP contribution in [-0.2, 0) is 47.5 Å². The van der Waals surface area contributed by atoms with Crippen molar-refractivity contribution in [1.82, 2.24) is 25.7 Å². The number of ketones is 1. The Balaban J connectivity index is 1.26. The number of ether oxygens (including phenoxy) is 8. The number of aliphatic hydroxyl groups excluding tert-OH is 2. The number of halogens is 1. The van der Waals surface area contributed by atoms with Crippen LogP contribution in [0.3, 0.4) is 0 Å². The number of hydrazine groups is 1. The second kappa shape index (κ2) is 24.0. The van der Waals surface area contributed by atoms with Gasteiger partial charge >= 0.3 is 12.1 Å². The smallest absolute Gasteiger partial charge is 0.426 e. The van der Waals surface area contributed by atoms with E-state index in [1.165, 1.54) is 28.1 Å². The summed E-state index contributed by atoms with van der Waals surface area (Å²) in [5.74, 6) is -4.94. The number of esters is 1. The zero-order chi connectivity index (χ0) is 54.8. The molecule has 0 saturated carbocycles. The number of aromatic nitrogens is 2. The predicted molar refractivity (Wildman–Crippen MR) is 275 cm³/mol. The fourth-order valence-electron chi connectivity index (χ4n) is 11.0. The number of H-pyrrole nitrogens is 1. The van der Waals surface area contributed by atoms with Crippen LogP contribution in [-0.4, -0.2) is 167 Å². The molecule has 0 aliphatic carbocycles. The number of aliphatic hydroxyl groups is 3. The fraction of sp³-hybridized carbons (Fsp3) is 0.679. The summed E-state index contributed by atoms with van der Waals surface area (Å²) in [6.07, 6.45) is -11.2. The van der Waals surface area contributed by atoms with E-state index >= 15 is 0 Å². The first kappa shape index (κ1) is 59.1. The first-order chi connectivity index (χ1) is 34.7. The van der Waals surface area contributed by atoms with Gasteiger partial charge in [-0.3, -0.25) is 19.8 Å². The maximum atomic E-state index is 14.6. The van der Waals surface area contributed by atoms with Crippen LogP contribution in [0, 0.1) is 23.7 Å². The molecule has 3 aliphatic heterocycles. The Morgan fingerprint density at radius 2 is 1.54 bits per heavy atom. The van der Waals surface area contributed by atoms with Crippen LogP contribution in [0.2, 0.25) is 0 Å². The third-order valence-electron chi connectivity index (χ3n) is 15.6. The number of aromatic amines is 1. The molecule has 0 spiro atoms. The highest BCUT2D eigenvalue weighted by Crippen LogP contribution is 2.42. The SMILES string of the molecule is CC[C@H]1OC(=O)[C@H](C)[C@@H](O[C@H]2C[C@@](C)(OC)[C@@H](OC(=O)NNC(=O)c3ccc4nc(-c5ccc(Br)cc5)[nH]c4c3)[C@H](C)O2)[C@H](C)[C@@H](O[C@@H]2O[C@H](C)C[C@H](N(C)C)[C@H]2O)[C@](C)(OC)C[C@@H](C)C(=O)[C@H](C)[C@@H](O)[C@]1(C)O. The van der Waals surface area contributed by atoms with Gasteiger partial charge in [-0.2, -0.15) is 0 Å². The molecule has 20 nitrogen and oxygen atoms in total. The largest absolute Gasteiger partial charge is 0.459 e. The maximum absolute atomic E-state index is 14.6. The van der Waals surface area contributed by atoms with E-state index in [-0.39, 0.29) is 42.8 Å². The van der Waals surface area contributed by atoms with Crippen molar-refractivity contribution in [3.05, 3.63) is 52.5 Å². The second-order valence-electron chi connectivity index (χ2n) is 21.4. The summed E-state index contributed by atoms with van der Waals surface area (Å²) in [6, 6.07) is 12.2. The summed E-state index contributed by atoms with van der Waals surface area (Å²) in [4.78, 5) is 65.3. The van der Waals surface area contributed by atoms with Crippen LogP contribution in [0.1, 0.15) is 105 Å². The molecule has 6 rings (SSSR count). The Bertz CT molecular complexity index is 2420. The normalized spacial score (nSPS) is 37.7. The van der Waals surface area contributed by atoms with E-state index in [0.29, 0.717) is 23.3 Å². The van der Waals surface area contributed by atoms with Gasteiger partial charge in [-0.25, -0.2) is 15.2 Å². The molecule has 4 heterocycles. The highest BCUT2D eigenvalue weighted by Gasteiger charge is 2.55. The van der Waals surface area contributed by atoms with Crippen LogP contribution >= 0.6 is 15.9 Å². The molecule has 3 fully saturated rings. The molecule has 2 amide bonds. The number of amides is 2. The zero-order valence-corrected chi connectivity index (χ0v) is 46.6. The van der Waals surface area contributed by atoms with Gasteiger partial charge in [0.1, 0.15) is 35.0 Å². The quantitative estimate of drug-likeness (QED) is 0.0976. The Kier molecular flexibility index (Phi) is 19.2. The fourth-order valence-corrected chi connectivity index (χ4v) is 11.3. The number of rotatable bonds is 11. The van der Waals surface area contributed by atoms with Crippen molar-refractivity contribution in [2.45, 2.75) is 179 Å². The molecule has 1 aromatic heterocycles. The van der Waals surface area contributed by atoms with Gasteiger partial charge in [0, 0.05) is 60.0 Å². The molecule has 6 N–H and O–H groups in total. The van der Waals surface area contributed by atoms with Crippen LogP contribution < -0.4 is 10.9 Å². The van der Waals surface area contributed by atoms with Gasteiger partial charge in [-0.05, 0) is 105 Å². The number of hydrogen-bond acceptors (Lipinski definition) is 17. The van der Waals surface area contributed by atoms with Gasteiger partial charge in [0.05, 0.1) is 53.1 Å². The summed E-state index contributed by atoms with van der Waals surface area (Å²) in [5, 5.41) is 35.2. The minimum Gasteiger partial charge on any atom is -0.459 e. The summed E-state index contributed by atoms with van der Waals surface area (Å²) in [6.45, 7) is 16.7. The first-order valence-corrected chi connectivity index (χ1v) is 26.2. The average Bonchev–Trinajstić information content (AvgIpc) is 3.80. The number of benzene rings is 2. The summed E-state index contributed by atoms with van der Waals surface area (Å²) in [7, 11) is 6.64. The topological polar surface area (TPSA) is 259 Å². The minimum atomic E-state index is -2.04. The van der Waals surface area contributed by atoms with E-state index in [1.54, 1.807) is 66.7 Å². The van der Waals surface area contributed by atoms with E-state index in [0.717, 1.165) is 10.0 Å². The van der Waals surface area contributed by atoms with Crippen molar-refractivity contribution in [1.29, 1.82) is 0 Å². The molecule has 3 aliphatic rings. The molecule has 3 aromatic rings.